The average molecular weight is 200 g/mol. The zero-order valence-electron chi connectivity index (χ0n) is 9.07. The van der Waals surface area contributed by atoms with Crippen molar-refractivity contribution in [2.75, 3.05) is 33.2 Å². The van der Waals surface area contributed by atoms with Gasteiger partial charge in [0.2, 0.25) is 0 Å². The molecule has 1 saturated heterocycles. The van der Waals surface area contributed by atoms with Gasteiger partial charge < -0.3 is 10.0 Å². The normalized spacial score (nSPS) is 23.0. The van der Waals surface area contributed by atoms with Crippen molar-refractivity contribution < 1.29 is 9.90 Å². The third-order valence-electron chi connectivity index (χ3n) is 2.85. The second-order valence-corrected chi connectivity index (χ2v) is 4.14. The second-order valence-electron chi connectivity index (χ2n) is 4.14. The Morgan fingerprint density at radius 2 is 2.07 bits per heavy atom. The van der Waals surface area contributed by atoms with Gasteiger partial charge in [0.1, 0.15) is 0 Å². The molecule has 0 aliphatic carbocycles. The molecule has 0 bridgehead atoms. The molecule has 0 amide bonds. The van der Waals surface area contributed by atoms with Crippen molar-refractivity contribution in [3.05, 3.63) is 0 Å². The van der Waals surface area contributed by atoms with Crippen LogP contribution < -0.4 is 0 Å². The number of aliphatic carboxylic acids is 1. The number of carboxylic acids is 1. The summed E-state index contributed by atoms with van der Waals surface area (Å²) in [5, 5.41) is 8.70. The van der Waals surface area contributed by atoms with E-state index >= 15 is 0 Å². The molecule has 1 N–H and O–H groups in total. The summed E-state index contributed by atoms with van der Waals surface area (Å²) in [6, 6.07) is 0.166. The van der Waals surface area contributed by atoms with Gasteiger partial charge in [-0.15, -0.1) is 0 Å². The van der Waals surface area contributed by atoms with Crippen LogP contribution in [0.2, 0.25) is 0 Å². The predicted molar refractivity (Wildman–Crippen MR) is 55.4 cm³/mol. The van der Waals surface area contributed by atoms with E-state index in [0.717, 1.165) is 32.6 Å². The molecule has 14 heavy (non-hydrogen) atoms. The standard InChI is InChI=1S/C10H20N2O2/c1-9(8-10(13)14)12-5-3-4-11(2)6-7-12/h9H,3-8H2,1-2H3,(H,13,14). The maximum Gasteiger partial charge on any atom is 0.304 e. The van der Waals surface area contributed by atoms with Crippen LogP contribution in [0.4, 0.5) is 0 Å². The minimum atomic E-state index is -0.699. The van der Waals surface area contributed by atoms with Gasteiger partial charge in [0, 0.05) is 19.1 Å². The molecule has 1 rings (SSSR count). The lowest BCUT2D eigenvalue weighted by atomic mass is 10.2. The Labute approximate surface area is 85.5 Å². The zero-order chi connectivity index (χ0) is 10.6. The molecule has 0 aromatic rings. The average Bonchev–Trinajstić information content (AvgIpc) is 2.28. The summed E-state index contributed by atoms with van der Waals surface area (Å²) >= 11 is 0. The van der Waals surface area contributed by atoms with Crippen LogP contribution >= 0.6 is 0 Å². The molecular weight excluding hydrogens is 180 g/mol. The quantitative estimate of drug-likeness (QED) is 0.720. The van der Waals surface area contributed by atoms with E-state index in [0.29, 0.717) is 0 Å². The smallest absolute Gasteiger partial charge is 0.304 e. The van der Waals surface area contributed by atoms with Gasteiger partial charge in [-0.25, -0.2) is 0 Å². The number of hydrogen-bond acceptors (Lipinski definition) is 3. The van der Waals surface area contributed by atoms with E-state index in [1.807, 2.05) is 6.92 Å². The van der Waals surface area contributed by atoms with Crippen LogP contribution in [0.1, 0.15) is 19.8 Å². The zero-order valence-corrected chi connectivity index (χ0v) is 9.07. The number of carbonyl (C=O) groups is 1. The van der Waals surface area contributed by atoms with Gasteiger partial charge in [-0.2, -0.15) is 0 Å². The largest absolute Gasteiger partial charge is 0.481 e. The molecule has 0 spiro atoms. The highest BCUT2D eigenvalue weighted by molar-refractivity contribution is 5.67. The van der Waals surface area contributed by atoms with E-state index in [9.17, 15) is 4.79 Å². The molecule has 0 saturated carbocycles. The van der Waals surface area contributed by atoms with Gasteiger partial charge in [0.25, 0.3) is 0 Å². The van der Waals surface area contributed by atoms with Crippen LogP contribution in [-0.2, 0) is 4.79 Å². The highest BCUT2D eigenvalue weighted by atomic mass is 16.4. The molecule has 1 unspecified atom stereocenters. The second kappa shape index (κ2) is 5.32. The summed E-state index contributed by atoms with van der Waals surface area (Å²) in [6.07, 6.45) is 1.39. The molecular formula is C10H20N2O2. The fourth-order valence-corrected chi connectivity index (χ4v) is 1.89. The van der Waals surface area contributed by atoms with Crippen LogP contribution in [-0.4, -0.2) is 60.1 Å². The van der Waals surface area contributed by atoms with Crippen LogP contribution in [0.3, 0.4) is 0 Å². The van der Waals surface area contributed by atoms with E-state index in [-0.39, 0.29) is 12.5 Å². The van der Waals surface area contributed by atoms with Gasteiger partial charge in [0.15, 0.2) is 0 Å². The first-order valence-corrected chi connectivity index (χ1v) is 5.24. The molecule has 4 heteroatoms. The summed E-state index contributed by atoms with van der Waals surface area (Å²) in [5.41, 5.74) is 0. The molecule has 0 aromatic heterocycles. The summed E-state index contributed by atoms with van der Waals surface area (Å²) in [6.45, 7) is 6.18. The number of carboxylic acid groups (broad SMARTS) is 1. The molecule has 0 radical (unpaired) electrons. The van der Waals surface area contributed by atoms with Crippen molar-refractivity contribution in [2.45, 2.75) is 25.8 Å². The molecule has 82 valence electrons. The van der Waals surface area contributed by atoms with Crippen molar-refractivity contribution >= 4 is 5.97 Å². The van der Waals surface area contributed by atoms with E-state index in [4.69, 9.17) is 5.11 Å². The Hall–Kier alpha value is -0.610. The van der Waals surface area contributed by atoms with E-state index in [2.05, 4.69) is 16.8 Å². The van der Waals surface area contributed by atoms with Gasteiger partial charge in [0.05, 0.1) is 6.42 Å². The number of likely N-dealkylation sites (N-methyl/N-ethyl adjacent to an activating group) is 1. The number of rotatable bonds is 3. The van der Waals surface area contributed by atoms with E-state index in [1.165, 1.54) is 0 Å². The fourth-order valence-electron chi connectivity index (χ4n) is 1.89. The predicted octanol–water partition coefficient (Wildman–Crippen LogP) is 0.487. The SMILES string of the molecule is CC(CC(=O)O)N1CCCN(C)CC1. The Morgan fingerprint density at radius 1 is 1.36 bits per heavy atom. The van der Waals surface area contributed by atoms with Crippen molar-refractivity contribution in [2.24, 2.45) is 0 Å². The molecule has 1 heterocycles. The summed E-state index contributed by atoms with van der Waals surface area (Å²) in [5.74, 6) is -0.699. The van der Waals surface area contributed by atoms with Crippen molar-refractivity contribution in [1.82, 2.24) is 9.80 Å². The monoisotopic (exact) mass is 200 g/mol. The van der Waals surface area contributed by atoms with Crippen molar-refractivity contribution in [1.29, 1.82) is 0 Å². The summed E-state index contributed by atoms with van der Waals surface area (Å²) < 4.78 is 0. The Kier molecular flexibility index (Phi) is 4.35. The van der Waals surface area contributed by atoms with Crippen LogP contribution in [0.25, 0.3) is 0 Å². The van der Waals surface area contributed by atoms with E-state index < -0.39 is 5.97 Å². The maximum absolute atomic E-state index is 10.6. The van der Waals surface area contributed by atoms with E-state index in [1.54, 1.807) is 0 Å². The minimum Gasteiger partial charge on any atom is -0.481 e. The molecule has 1 aliphatic rings. The number of nitrogens with zero attached hydrogens (tertiary/aromatic N) is 2. The lowest BCUT2D eigenvalue weighted by molar-refractivity contribution is -0.138. The maximum atomic E-state index is 10.6. The van der Waals surface area contributed by atoms with Crippen molar-refractivity contribution in [3.8, 4) is 0 Å². The topological polar surface area (TPSA) is 43.8 Å². The molecule has 1 atom stereocenters. The van der Waals surface area contributed by atoms with Crippen LogP contribution in [0.5, 0.6) is 0 Å². The third-order valence-corrected chi connectivity index (χ3v) is 2.85. The van der Waals surface area contributed by atoms with Gasteiger partial charge in [-0.1, -0.05) is 0 Å². The van der Waals surface area contributed by atoms with Gasteiger partial charge >= 0.3 is 5.97 Å². The van der Waals surface area contributed by atoms with Crippen LogP contribution in [0.15, 0.2) is 0 Å². The summed E-state index contributed by atoms with van der Waals surface area (Å²) in [4.78, 5) is 15.1. The highest BCUT2D eigenvalue weighted by Crippen LogP contribution is 2.08. The first-order valence-electron chi connectivity index (χ1n) is 5.24. The first-order chi connectivity index (χ1) is 6.59. The molecule has 0 aromatic carbocycles. The molecule has 1 aliphatic heterocycles. The highest BCUT2D eigenvalue weighted by Gasteiger charge is 2.19. The Morgan fingerprint density at radius 3 is 2.71 bits per heavy atom. The fraction of sp³-hybridized carbons (Fsp3) is 0.900. The third kappa shape index (κ3) is 3.64. The summed E-state index contributed by atoms with van der Waals surface area (Å²) in [7, 11) is 2.12. The Bertz CT molecular complexity index is 197. The lowest BCUT2D eigenvalue weighted by Gasteiger charge is -2.26. The lowest BCUT2D eigenvalue weighted by Crippen LogP contribution is -2.37. The van der Waals surface area contributed by atoms with Gasteiger partial charge in [-0.05, 0) is 33.5 Å². The minimum absolute atomic E-state index is 0.166. The molecule has 4 nitrogen and oxygen atoms in total. The van der Waals surface area contributed by atoms with Crippen molar-refractivity contribution in [3.63, 3.8) is 0 Å². The Balaban J connectivity index is 2.38. The number of hydrogen-bond donors (Lipinski definition) is 1. The van der Waals surface area contributed by atoms with Gasteiger partial charge in [-0.3, -0.25) is 9.69 Å². The first kappa shape index (κ1) is 11.5. The molecule has 1 fully saturated rings. The van der Waals surface area contributed by atoms with Crippen LogP contribution in [0, 0.1) is 0 Å².